The van der Waals surface area contributed by atoms with Crippen LogP contribution in [-0.4, -0.2) is 21.6 Å². The molecule has 0 radical (unpaired) electrons. The first-order valence-electron chi connectivity index (χ1n) is 10.6. The lowest BCUT2D eigenvalue weighted by Gasteiger charge is -2.16. The zero-order chi connectivity index (χ0) is 24.9. The van der Waals surface area contributed by atoms with E-state index in [2.05, 4.69) is 9.97 Å². The zero-order valence-corrected chi connectivity index (χ0v) is 19.2. The standard InChI is InChI=1S/C23H18F3N3O3.C2H6/c1-14-3-5-15(6-4-14)12-29-13-28-21(30)17-11-16(7-8-18(17)29)32-22-20(23(24,25)26)19(31-2)9-10-27-22;1-2/h3-11,13H,12H2,1-2H3;1-2H3. The van der Waals surface area contributed by atoms with Crippen LogP contribution in [0.4, 0.5) is 13.2 Å². The summed E-state index contributed by atoms with van der Waals surface area (Å²) in [5, 5.41) is 0.216. The van der Waals surface area contributed by atoms with Gasteiger partial charge in [-0.25, -0.2) is 4.98 Å². The Morgan fingerprint density at radius 1 is 1.00 bits per heavy atom. The summed E-state index contributed by atoms with van der Waals surface area (Å²) in [6.07, 6.45) is -2.15. The minimum atomic E-state index is -4.74. The van der Waals surface area contributed by atoms with Crippen LogP contribution in [0.3, 0.4) is 0 Å². The second kappa shape index (κ2) is 10.4. The molecule has 0 aliphatic carbocycles. The number of halogens is 3. The van der Waals surface area contributed by atoms with Crippen molar-refractivity contribution >= 4 is 10.9 Å². The van der Waals surface area contributed by atoms with Crippen molar-refractivity contribution < 1.29 is 22.6 Å². The average Bonchev–Trinajstić information content (AvgIpc) is 2.83. The first kappa shape index (κ1) is 24.8. The van der Waals surface area contributed by atoms with Crippen molar-refractivity contribution in [2.45, 2.75) is 33.5 Å². The van der Waals surface area contributed by atoms with Gasteiger partial charge in [-0.05, 0) is 36.8 Å². The molecule has 4 aromatic rings. The Kier molecular flexibility index (Phi) is 7.55. The van der Waals surface area contributed by atoms with Crippen LogP contribution in [0.1, 0.15) is 30.5 Å². The molecule has 0 aliphatic heterocycles. The smallest absolute Gasteiger partial charge is 0.425 e. The third-order valence-corrected chi connectivity index (χ3v) is 4.89. The lowest BCUT2D eigenvalue weighted by atomic mass is 10.1. The highest BCUT2D eigenvalue weighted by Gasteiger charge is 2.39. The van der Waals surface area contributed by atoms with E-state index in [1.807, 2.05) is 45.0 Å². The molecule has 0 aliphatic rings. The Morgan fingerprint density at radius 2 is 1.71 bits per heavy atom. The third-order valence-electron chi connectivity index (χ3n) is 4.89. The Bertz CT molecular complexity index is 1330. The van der Waals surface area contributed by atoms with Gasteiger partial charge < -0.3 is 14.0 Å². The second-order valence-electron chi connectivity index (χ2n) is 7.14. The highest BCUT2D eigenvalue weighted by molar-refractivity contribution is 5.79. The quantitative estimate of drug-likeness (QED) is 0.358. The molecule has 4 rings (SSSR count). The van der Waals surface area contributed by atoms with Crippen molar-refractivity contribution in [1.29, 1.82) is 0 Å². The molecule has 6 nitrogen and oxygen atoms in total. The fourth-order valence-corrected chi connectivity index (χ4v) is 3.32. The van der Waals surface area contributed by atoms with Gasteiger partial charge in [-0.1, -0.05) is 43.7 Å². The van der Waals surface area contributed by atoms with Gasteiger partial charge in [0.05, 0.1) is 24.3 Å². The molecule has 0 amide bonds. The molecular formula is C25H24F3N3O3. The van der Waals surface area contributed by atoms with E-state index in [1.165, 1.54) is 18.5 Å². The number of ether oxygens (including phenoxy) is 2. The molecule has 0 saturated heterocycles. The molecule has 0 saturated carbocycles. The number of hydrogen-bond donors (Lipinski definition) is 0. The normalized spacial score (nSPS) is 11.0. The first-order chi connectivity index (χ1) is 16.3. The highest BCUT2D eigenvalue weighted by atomic mass is 19.4. The predicted molar refractivity (Wildman–Crippen MR) is 123 cm³/mol. The lowest BCUT2D eigenvalue weighted by Crippen LogP contribution is -2.13. The Morgan fingerprint density at radius 3 is 2.35 bits per heavy atom. The summed E-state index contributed by atoms with van der Waals surface area (Å²) >= 11 is 0. The van der Waals surface area contributed by atoms with E-state index in [0.717, 1.165) is 30.5 Å². The Labute approximate surface area is 194 Å². The van der Waals surface area contributed by atoms with Crippen molar-refractivity contribution in [3.05, 3.63) is 88.1 Å². The SMILES string of the molecule is CC.COc1ccnc(Oc2ccc3c(c2)c(=O)ncn3Cc2ccc(C)cc2)c1C(F)(F)F. The monoisotopic (exact) mass is 471 g/mol. The minimum absolute atomic E-state index is 0.0238. The number of nitrogens with zero attached hydrogens (tertiary/aromatic N) is 3. The fraction of sp³-hybridized carbons (Fsp3) is 0.240. The number of fused-ring (bicyclic) bond motifs is 1. The van der Waals surface area contributed by atoms with E-state index in [0.29, 0.717) is 12.1 Å². The molecule has 178 valence electrons. The molecule has 34 heavy (non-hydrogen) atoms. The van der Waals surface area contributed by atoms with Gasteiger partial charge in [0.2, 0.25) is 5.88 Å². The topological polar surface area (TPSA) is 66.2 Å². The van der Waals surface area contributed by atoms with Crippen LogP contribution >= 0.6 is 0 Å². The summed E-state index contributed by atoms with van der Waals surface area (Å²) in [4.78, 5) is 20.0. The number of rotatable bonds is 5. The third kappa shape index (κ3) is 5.36. The number of pyridine rings is 1. The van der Waals surface area contributed by atoms with Gasteiger partial charge in [0.15, 0.2) is 5.56 Å². The highest BCUT2D eigenvalue weighted by Crippen LogP contribution is 2.42. The molecule has 0 unspecified atom stereocenters. The first-order valence-corrected chi connectivity index (χ1v) is 10.6. The van der Waals surface area contributed by atoms with Crippen LogP contribution in [-0.2, 0) is 12.7 Å². The number of benzene rings is 2. The molecule has 2 heterocycles. The molecule has 9 heteroatoms. The zero-order valence-electron chi connectivity index (χ0n) is 19.2. The summed E-state index contributed by atoms with van der Waals surface area (Å²) in [6, 6.07) is 13.5. The van der Waals surface area contributed by atoms with Gasteiger partial charge in [0.1, 0.15) is 11.5 Å². The van der Waals surface area contributed by atoms with E-state index in [-0.39, 0.29) is 11.1 Å². The molecule has 2 aromatic carbocycles. The molecule has 0 fully saturated rings. The van der Waals surface area contributed by atoms with Crippen molar-refractivity contribution in [1.82, 2.24) is 14.5 Å². The largest absolute Gasteiger partial charge is 0.496 e. The van der Waals surface area contributed by atoms with E-state index < -0.39 is 28.9 Å². The van der Waals surface area contributed by atoms with Crippen molar-refractivity contribution in [3.8, 4) is 17.4 Å². The number of alkyl halides is 3. The lowest BCUT2D eigenvalue weighted by molar-refractivity contribution is -0.140. The maximum Gasteiger partial charge on any atom is 0.425 e. The summed E-state index contributed by atoms with van der Waals surface area (Å²) < 4.78 is 52.6. The Balaban J connectivity index is 0.00000158. The summed E-state index contributed by atoms with van der Waals surface area (Å²) in [6.45, 7) is 6.46. The molecule has 2 aromatic heterocycles. The minimum Gasteiger partial charge on any atom is -0.496 e. The maximum atomic E-state index is 13.5. The molecule has 0 atom stereocenters. The molecule has 0 N–H and O–H groups in total. The van der Waals surface area contributed by atoms with Gasteiger partial charge >= 0.3 is 6.18 Å². The van der Waals surface area contributed by atoms with E-state index in [1.54, 1.807) is 10.6 Å². The summed E-state index contributed by atoms with van der Waals surface area (Å²) in [5.74, 6) is -1.05. The van der Waals surface area contributed by atoms with Crippen LogP contribution in [0.25, 0.3) is 10.9 Å². The number of aromatic nitrogens is 3. The van der Waals surface area contributed by atoms with Crippen molar-refractivity contribution in [2.75, 3.05) is 7.11 Å². The molecular weight excluding hydrogens is 447 g/mol. The maximum absolute atomic E-state index is 13.5. The molecule has 0 bridgehead atoms. The second-order valence-corrected chi connectivity index (χ2v) is 7.14. The van der Waals surface area contributed by atoms with Gasteiger partial charge in [-0.2, -0.15) is 18.2 Å². The van der Waals surface area contributed by atoms with Crippen molar-refractivity contribution in [3.63, 3.8) is 0 Å². The molecule has 0 spiro atoms. The van der Waals surface area contributed by atoms with Crippen LogP contribution in [0.5, 0.6) is 17.4 Å². The number of methoxy groups -OCH3 is 1. The van der Waals surface area contributed by atoms with E-state index >= 15 is 0 Å². The van der Waals surface area contributed by atoms with E-state index in [9.17, 15) is 18.0 Å². The van der Waals surface area contributed by atoms with Gasteiger partial charge in [0, 0.05) is 12.7 Å². The number of hydrogen-bond acceptors (Lipinski definition) is 5. The Hall–Kier alpha value is -3.88. The van der Waals surface area contributed by atoms with Crippen LogP contribution in [0.2, 0.25) is 0 Å². The van der Waals surface area contributed by atoms with E-state index in [4.69, 9.17) is 9.47 Å². The number of aryl methyl sites for hydroxylation is 1. The van der Waals surface area contributed by atoms with Crippen molar-refractivity contribution in [2.24, 2.45) is 0 Å². The fourth-order valence-electron chi connectivity index (χ4n) is 3.32. The van der Waals surface area contributed by atoms with Gasteiger partial charge in [0.25, 0.3) is 5.56 Å². The van der Waals surface area contributed by atoms with Crippen LogP contribution < -0.4 is 15.0 Å². The van der Waals surface area contributed by atoms with Gasteiger partial charge in [-0.15, -0.1) is 0 Å². The summed E-state index contributed by atoms with van der Waals surface area (Å²) in [5.41, 5.74) is 1.07. The summed E-state index contributed by atoms with van der Waals surface area (Å²) in [7, 11) is 1.13. The average molecular weight is 471 g/mol. The van der Waals surface area contributed by atoms with Gasteiger partial charge in [-0.3, -0.25) is 4.79 Å². The predicted octanol–water partition coefficient (Wildman–Crippen LogP) is 5.99. The van der Waals surface area contributed by atoms with Crippen LogP contribution in [0, 0.1) is 6.92 Å². The van der Waals surface area contributed by atoms with Crippen LogP contribution in [0.15, 0.2) is 65.8 Å².